The van der Waals surface area contributed by atoms with Crippen LogP contribution in [0.1, 0.15) is 39.0 Å². The summed E-state index contributed by atoms with van der Waals surface area (Å²) in [4.78, 5) is 25.4. The van der Waals surface area contributed by atoms with E-state index in [2.05, 4.69) is 12.2 Å². The van der Waals surface area contributed by atoms with Crippen molar-refractivity contribution in [2.24, 2.45) is 17.6 Å². The summed E-state index contributed by atoms with van der Waals surface area (Å²) in [6.45, 7) is 3.70. The number of carbonyl (C=O) groups is 2. The number of nitrogens with two attached hydrogens (primary N) is 1. The van der Waals surface area contributed by atoms with Gasteiger partial charge in [0.1, 0.15) is 0 Å². The number of nitrogens with zero attached hydrogens (tertiary/aromatic N) is 1. The zero-order valence-corrected chi connectivity index (χ0v) is 11.7. The molecule has 0 spiro atoms. The molecule has 0 bridgehead atoms. The molecule has 1 saturated carbocycles. The highest BCUT2D eigenvalue weighted by Gasteiger charge is 2.43. The van der Waals surface area contributed by atoms with Gasteiger partial charge in [-0.25, -0.2) is 0 Å². The van der Waals surface area contributed by atoms with E-state index in [1.807, 2.05) is 0 Å². The zero-order valence-electron chi connectivity index (χ0n) is 11.7. The van der Waals surface area contributed by atoms with Gasteiger partial charge in [0.05, 0.1) is 12.6 Å². The molecule has 5 heteroatoms. The molecule has 19 heavy (non-hydrogen) atoms. The van der Waals surface area contributed by atoms with E-state index in [0.717, 1.165) is 25.8 Å². The summed E-state index contributed by atoms with van der Waals surface area (Å²) in [7, 11) is 0. The molecule has 1 aliphatic carbocycles. The van der Waals surface area contributed by atoms with E-state index in [4.69, 9.17) is 5.73 Å². The predicted molar refractivity (Wildman–Crippen MR) is 73.3 cm³/mol. The minimum absolute atomic E-state index is 0.0500. The highest BCUT2D eigenvalue weighted by molar-refractivity contribution is 5.87. The van der Waals surface area contributed by atoms with Crippen molar-refractivity contribution in [3.05, 3.63) is 0 Å². The van der Waals surface area contributed by atoms with Gasteiger partial charge in [0.25, 0.3) is 0 Å². The number of hydrogen-bond donors (Lipinski definition) is 2. The Labute approximate surface area is 114 Å². The molecule has 2 aliphatic rings. The van der Waals surface area contributed by atoms with Gasteiger partial charge in [-0.3, -0.25) is 9.59 Å². The lowest BCUT2D eigenvalue weighted by Crippen LogP contribution is -2.49. The van der Waals surface area contributed by atoms with Crippen molar-refractivity contribution in [1.29, 1.82) is 0 Å². The summed E-state index contributed by atoms with van der Waals surface area (Å²) < 4.78 is 0. The number of amides is 2. The maximum atomic E-state index is 12.6. The van der Waals surface area contributed by atoms with Crippen LogP contribution in [0.3, 0.4) is 0 Å². The molecule has 0 aromatic rings. The summed E-state index contributed by atoms with van der Waals surface area (Å²) >= 11 is 0. The average Bonchev–Trinajstić information content (AvgIpc) is 2.95. The predicted octanol–water partition coefficient (Wildman–Crippen LogP) is 0.489. The molecule has 3 N–H and O–H groups in total. The molecule has 0 aromatic carbocycles. The lowest BCUT2D eigenvalue weighted by Gasteiger charge is -2.27. The lowest BCUT2D eigenvalue weighted by atomic mass is 9.93. The molecule has 5 nitrogen and oxygen atoms in total. The first-order valence-corrected chi connectivity index (χ1v) is 7.44. The number of rotatable bonds is 6. The minimum atomic E-state index is -0.426. The number of hydrogen-bond acceptors (Lipinski definition) is 3. The molecule has 2 rings (SSSR count). The third kappa shape index (κ3) is 3.26. The molecule has 0 radical (unpaired) electrons. The van der Waals surface area contributed by atoms with Crippen molar-refractivity contribution >= 4 is 11.8 Å². The highest BCUT2D eigenvalue weighted by atomic mass is 16.2. The van der Waals surface area contributed by atoms with Crippen molar-refractivity contribution in [1.82, 2.24) is 10.2 Å². The van der Waals surface area contributed by atoms with Gasteiger partial charge < -0.3 is 16.0 Å². The second-order valence-corrected chi connectivity index (χ2v) is 5.82. The summed E-state index contributed by atoms with van der Waals surface area (Å²) in [6.07, 6.45) is 5.51. The molecular formula is C14H25N3O2. The normalized spacial score (nSPS) is 29.2. The largest absolute Gasteiger partial charge is 0.368 e. The topological polar surface area (TPSA) is 75.4 Å². The van der Waals surface area contributed by atoms with Crippen LogP contribution in [-0.4, -0.2) is 42.4 Å². The Morgan fingerprint density at radius 1 is 1.37 bits per heavy atom. The lowest BCUT2D eigenvalue weighted by molar-refractivity contribution is -0.137. The molecule has 3 atom stereocenters. The van der Waals surface area contributed by atoms with Gasteiger partial charge in [-0.05, 0) is 37.6 Å². The molecule has 108 valence electrons. The fourth-order valence-electron chi connectivity index (χ4n) is 3.46. The summed E-state index contributed by atoms with van der Waals surface area (Å²) in [6, 6.07) is -0.0938. The van der Waals surface area contributed by atoms with Crippen LogP contribution in [0.15, 0.2) is 0 Å². The maximum absolute atomic E-state index is 12.6. The van der Waals surface area contributed by atoms with Gasteiger partial charge >= 0.3 is 0 Å². The smallest absolute Gasteiger partial charge is 0.240 e. The third-order valence-corrected chi connectivity index (χ3v) is 4.45. The fourth-order valence-corrected chi connectivity index (χ4v) is 3.46. The molecule has 2 amide bonds. The van der Waals surface area contributed by atoms with Crippen molar-refractivity contribution in [3.8, 4) is 0 Å². The maximum Gasteiger partial charge on any atom is 0.240 e. The van der Waals surface area contributed by atoms with Gasteiger partial charge in [-0.2, -0.15) is 0 Å². The second kappa shape index (κ2) is 6.37. The first kappa shape index (κ1) is 14.3. The summed E-state index contributed by atoms with van der Waals surface area (Å²) in [5, 5.41) is 3.35. The Morgan fingerprint density at radius 3 is 2.84 bits per heavy atom. The number of unbranched alkanes of at least 4 members (excludes halogenated alkanes) is 1. The number of nitrogens with one attached hydrogen (secondary N) is 1. The van der Waals surface area contributed by atoms with Crippen LogP contribution in [0.25, 0.3) is 0 Å². The van der Waals surface area contributed by atoms with E-state index in [0.29, 0.717) is 18.4 Å². The number of carbonyl (C=O) groups excluding carboxylic acids is 2. The summed E-state index contributed by atoms with van der Waals surface area (Å²) in [5.41, 5.74) is 5.26. The van der Waals surface area contributed by atoms with Crippen LogP contribution >= 0.6 is 0 Å². The minimum Gasteiger partial charge on any atom is -0.368 e. The number of fused-ring (bicyclic) bond motifs is 1. The van der Waals surface area contributed by atoms with E-state index in [1.54, 1.807) is 4.90 Å². The van der Waals surface area contributed by atoms with Gasteiger partial charge in [0.2, 0.25) is 11.8 Å². The Morgan fingerprint density at radius 2 is 2.16 bits per heavy atom. The highest BCUT2D eigenvalue weighted by Crippen LogP contribution is 2.38. The molecule has 1 saturated heterocycles. The molecule has 3 unspecified atom stereocenters. The second-order valence-electron chi connectivity index (χ2n) is 5.82. The van der Waals surface area contributed by atoms with E-state index >= 15 is 0 Å². The molecular weight excluding hydrogens is 242 g/mol. The van der Waals surface area contributed by atoms with Crippen LogP contribution in [0, 0.1) is 11.8 Å². The molecule has 1 aliphatic heterocycles. The van der Waals surface area contributed by atoms with Gasteiger partial charge in [0, 0.05) is 6.54 Å². The van der Waals surface area contributed by atoms with Crippen LogP contribution in [0.4, 0.5) is 0 Å². The quantitative estimate of drug-likeness (QED) is 0.735. The molecule has 1 heterocycles. The first-order valence-electron chi connectivity index (χ1n) is 7.44. The van der Waals surface area contributed by atoms with E-state index in [9.17, 15) is 9.59 Å². The van der Waals surface area contributed by atoms with Crippen molar-refractivity contribution in [2.45, 2.75) is 45.1 Å². The SMILES string of the molecule is CCCCN(CC(N)=O)C(=O)C1NCC2CCCC21. The molecule has 0 aromatic heterocycles. The van der Waals surface area contributed by atoms with Crippen molar-refractivity contribution in [3.63, 3.8) is 0 Å². The first-order chi connectivity index (χ1) is 9.13. The Kier molecular flexibility index (Phi) is 4.80. The zero-order chi connectivity index (χ0) is 13.8. The van der Waals surface area contributed by atoms with Crippen LogP contribution < -0.4 is 11.1 Å². The van der Waals surface area contributed by atoms with E-state index in [-0.39, 0.29) is 18.5 Å². The summed E-state index contributed by atoms with van der Waals surface area (Å²) in [5.74, 6) is 0.757. The van der Waals surface area contributed by atoms with Crippen molar-refractivity contribution in [2.75, 3.05) is 19.6 Å². The third-order valence-electron chi connectivity index (χ3n) is 4.45. The van der Waals surface area contributed by atoms with Crippen LogP contribution in [0.2, 0.25) is 0 Å². The fraction of sp³-hybridized carbons (Fsp3) is 0.857. The van der Waals surface area contributed by atoms with Crippen LogP contribution in [-0.2, 0) is 9.59 Å². The van der Waals surface area contributed by atoms with Gasteiger partial charge in [0.15, 0.2) is 0 Å². The van der Waals surface area contributed by atoms with Crippen LogP contribution in [0.5, 0.6) is 0 Å². The Hall–Kier alpha value is -1.10. The van der Waals surface area contributed by atoms with E-state index in [1.165, 1.54) is 12.8 Å². The Bertz CT molecular complexity index is 346. The van der Waals surface area contributed by atoms with Crippen molar-refractivity contribution < 1.29 is 9.59 Å². The van der Waals surface area contributed by atoms with Gasteiger partial charge in [-0.1, -0.05) is 19.8 Å². The molecule has 2 fully saturated rings. The monoisotopic (exact) mass is 267 g/mol. The number of primary amides is 1. The van der Waals surface area contributed by atoms with Gasteiger partial charge in [-0.15, -0.1) is 0 Å². The average molecular weight is 267 g/mol. The Balaban J connectivity index is 1.99. The standard InChI is InChI=1S/C14H25N3O2/c1-2-3-7-17(9-12(15)18)14(19)13-11-6-4-5-10(11)8-16-13/h10-11,13,16H,2-9H2,1H3,(H2,15,18). The van der Waals surface area contributed by atoms with E-state index < -0.39 is 5.91 Å².